The number of fused-ring (bicyclic) bond motifs is 1. The first-order valence-electron chi connectivity index (χ1n) is 9.81. The maximum atomic E-state index is 5.45. The van der Waals surface area contributed by atoms with Crippen LogP contribution in [0.15, 0.2) is 47.5 Å². The van der Waals surface area contributed by atoms with Gasteiger partial charge in [-0.25, -0.2) is 4.99 Å². The van der Waals surface area contributed by atoms with Crippen LogP contribution in [0.25, 0.3) is 0 Å². The van der Waals surface area contributed by atoms with Crippen LogP contribution in [-0.2, 0) is 6.54 Å². The molecule has 2 aromatic rings. The highest BCUT2D eigenvalue weighted by atomic mass is 127. The van der Waals surface area contributed by atoms with E-state index in [0.717, 1.165) is 41.9 Å². The number of rotatable bonds is 8. The summed E-state index contributed by atoms with van der Waals surface area (Å²) >= 11 is 0. The van der Waals surface area contributed by atoms with Gasteiger partial charge >= 0.3 is 0 Å². The molecule has 0 amide bonds. The maximum absolute atomic E-state index is 5.45. The Labute approximate surface area is 195 Å². The van der Waals surface area contributed by atoms with Crippen LogP contribution in [0.4, 0.5) is 0 Å². The number of ether oxygens (including phenoxy) is 3. The number of hydrogen-bond acceptors (Lipinski definition) is 5. The summed E-state index contributed by atoms with van der Waals surface area (Å²) in [6.45, 7) is 4.42. The van der Waals surface area contributed by atoms with Crippen LogP contribution in [0.3, 0.4) is 0 Å². The fraction of sp³-hybridized carbons (Fsp3) is 0.409. The van der Waals surface area contributed by atoms with Crippen LogP contribution >= 0.6 is 24.0 Å². The second-order valence-electron chi connectivity index (χ2n) is 7.02. The van der Waals surface area contributed by atoms with Crippen molar-refractivity contribution in [3.8, 4) is 17.2 Å². The third kappa shape index (κ3) is 6.40. The molecule has 3 rings (SSSR count). The van der Waals surface area contributed by atoms with Gasteiger partial charge in [0.25, 0.3) is 0 Å². The van der Waals surface area contributed by atoms with Gasteiger partial charge in [-0.2, -0.15) is 0 Å². The second-order valence-corrected chi connectivity index (χ2v) is 7.02. The number of benzene rings is 2. The molecule has 1 aliphatic heterocycles. The highest BCUT2D eigenvalue weighted by molar-refractivity contribution is 14.0. The van der Waals surface area contributed by atoms with E-state index in [-0.39, 0.29) is 36.8 Å². The van der Waals surface area contributed by atoms with Crippen molar-refractivity contribution in [2.75, 3.05) is 41.1 Å². The lowest BCUT2D eigenvalue weighted by molar-refractivity contribution is 0.174. The number of guanidine groups is 1. The standard InChI is InChI=1S/C22H30N4O3.HI/c1-5-23-22(24-13-16-6-11-20-21(12-16)29-15-28-20)25-14-19(26(2)3)17-7-9-18(27-4)10-8-17;/h6-12,19H,5,13-15H2,1-4H3,(H2,23,24,25);1H. The molecular weight excluding hydrogens is 495 g/mol. The summed E-state index contributed by atoms with van der Waals surface area (Å²) in [6.07, 6.45) is 0. The summed E-state index contributed by atoms with van der Waals surface area (Å²) in [5.41, 5.74) is 2.29. The Kier molecular flexibility index (Phi) is 9.51. The van der Waals surface area contributed by atoms with E-state index in [9.17, 15) is 0 Å². The van der Waals surface area contributed by atoms with E-state index in [4.69, 9.17) is 19.2 Å². The molecule has 164 valence electrons. The molecular formula is C22H31IN4O3. The summed E-state index contributed by atoms with van der Waals surface area (Å²) in [6, 6.07) is 14.3. The predicted octanol–water partition coefficient (Wildman–Crippen LogP) is 3.40. The minimum atomic E-state index is 0. The van der Waals surface area contributed by atoms with E-state index in [1.807, 2.05) is 30.3 Å². The molecule has 2 N–H and O–H groups in total. The van der Waals surface area contributed by atoms with Gasteiger partial charge in [-0.3, -0.25) is 0 Å². The van der Waals surface area contributed by atoms with Crippen LogP contribution in [-0.4, -0.2) is 51.9 Å². The Balaban J connectivity index is 0.00000320. The number of likely N-dealkylation sites (N-methyl/N-ethyl adjacent to an activating group) is 1. The summed E-state index contributed by atoms with van der Waals surface area (Å²) in [5, 5.41) is 6.78. The monoisotopic (exact) mass is 526 g/mol. The first-order valence-corrected chi connectivity index (χ1v) is 9.81. The third-order valence-electron chi connectivity index (χ3n) is 4.79. The fourth-order valence-electron chi connectivity index (χ4n) is 3.17. The number of nitrogens with one attached hydrogen (secondary N) is 2. The van der Waals surface area contributed by atoms with Crippen molar-refractivity contribution in [2.45, 2.75) is 19.5 Å². The summed E-state index contributed by atoms with van der Waals surface area (Å²) in [5.74, 6) is 3.21. The Hall–Kier alpha value is -2.20. The van der Waals surface area contributed by atoms with Gasteiger partial charge in [-0.15, -0.1) is 24.0 Å². The fourth-order valence-corrected chi connectivity index (χ4v) is 3.17. The highest BCUT2D eigenvalue weighted by Crippen LogP contribution is 2.32. The zero-order valence-corrected chi connectivity index (χ0v) is 20.3. The Morgan fingerprint density at radius 1 is 1.10 bits per heavy atom. The van der Waals surface area contributed by atoms with E-state index in [0.29, 0.717) is 6.54 Å². The summed E-state index contributed by atoms with van der Waals surface area (Å²) in [7, 11) is 5.83. The molecule has 30 heavy (non-hydrogen) atoms. The number of nitrogens with zero attached hydrogens (tertiary/aromatic N) is 2. The third-order valence-corrected chi connectivity index (χ3v) is 4.79. The average molecular weight is 526 g/mol. The van der Waals surface area contributed by atoms with Crippen molar-refractivity contribution in [1.29, 1.82) is 0 Å². The Bertz CT molecular complexity index is 828. The predicted molar refractivity (Wildman–Crippen MR) is 130 cm³/mol. The van der Waals surface area contributed by atoms with Crippen molar-refractivity contribution >= 4 is 29.9 Å². The Morgan fingerprint density at radius 2 is 1.83 bits per heavy atom. The van der Waals surface area contributed by atoms with Gasteiger partial charge in [-0.1, -0.05) is 18.2 Å². The topological polar surface area (TPSA) is 67.4 Å². The SMILES string of the molecule is CCNC(=NCc1ccc2c(c1)OCO2)NCC(c1ccc(OC)cc1)N(C)C.I. The van der Waals surface area contributed by atoms with Gasteiger partial charge in [0.2, 0.25) is 6.79 Å². The quantitative estimate of drug-likeness (QED) is 0.313. The molecule has 0 saturated carbocycles. The zero-order valence-electron chi connectivity index (χ0n) is 18.0. The molecule has 0 spiro atoms. The molecule has 0 saturated heterocycles. The molecule has 0 aromatic heterocycles. The minimum Gasteiger partial charge on any atom is -0.497 e. The van der Waals surface area contributed by atoms with Gasteiger partial charge in [0, 0.05) is 13.1 Å². The van der Waals surface area contributed by atoms with E-state index in [1.54, 1.807) is 7.11 Å². The van der Waals surface area contributed by atoms with Crippen LogP contribution in [0.5, 0.6) is 17.2 Å². The number of hydrogen-bond donors (Lipinski definition) is 2. The first-order chi connectivity index (χ1) is 14.1. The molecule has 1 heterocycles. The van der Waals surface area contributed by atoms with E-state index in [1.165, 1.54) is 5.56 Å². The lowest BCUT2D eigenvalue weighted by Gasteiger charge is -2.26. The summed E-state index contributed by atoms with van der Waals surface area (Å²) in [4.78, 5) is 6.91. The molecule has 0 aliphatic carbocycles. The number of methoxy groups -OCH3 is 1. The van der Waals surface area contributed by atoms with Crippen LogP contribution in [0, 0.1) is 0 Å². The molecule has 8 heteroatoms. The molecule has 0 radical (unpaired) electrons. The second kappa shape index (κ2) is 11.8. The zero-order chi connectivity index (χ0) is 20.6. The molecule has 1 atom stereocenters. The molecule has 0 fully saturated rings. The van der Waals surface area contributed by atoms with Crippen LogP contribution < -0.4 is 24.8 Å². The van der Waals surface area contributed by atoms with Gasteiger partial charge in [0.15, 0.2) is 17.5 Å². The molecule has 7 nitrogen and oxygen atoms in total. The van der Waals surface area contributed by atoms with Gasteiger partial charge in [0.05, 0.1) is 19.7 Å². The van der Waals surface area contributed by atoms with Crippen molar-refractivity contribution < 1.29 is 14.2 Å². The first kappa shape index (κ1) is 24.1. The lowest BCUT2D eigenvalue weighted by atomic mass is 10.1. The highest BCUT2D eigenvalue weighted by Gasteiger charge is 2.15. The van der Waals surface area contributed by atoms with E-state index < -0.39 is 0 Å². The van der Waals surface area contributed by atoms with Crippen LogP contribution in [0.2, 0.25) is 0 Å². The smallest absolute Gasteiger partial charge is 0.231 e. The molecule has 0 bridgehead atoms. The number of halogens is 1. The van der Waals surface area contributed by atoms with Crippen LogP contribution in [0.1, 0.15) is 24.1 Å². The van der Waals surface area contributed by atoms with Crippen molar-refractivity contribution in [1.82, 2.24) is 15.5 Å². The summed E-state index contributed by atoms with van der Waals surface area (Å²) < 4.78 is 16.1. The van der Waals surface area contributed by atoms with Gasteiger partial charge in [0.1, 0.15) is 5.75 Å². The molecule has 2 aromatic carbocycles. The molecule has 1 unspecified atom stereocenters. The maximum Gasteiger partial charge on any atom is 0.231 e. The lowest BCUT2D eigenvalue weighted by Crippen LogP contribution is -2.41. The largest absolute Gasteiger partial charge is 0.497 e. The van der Waals surface area contributed by atoms with E-state index in [2.05, 4.69) is 48.7 Å². The van der Waals surface area contributed by atoms with Crippen molar-refractivity contribution in [2.24, 2.45) is 4.99 Å². The van der Waals surface area contributed by atoms with Crippen molar-refractivity contribution in [3.63, 3.8) is 0 Å². The molecule has 1 aliphatic rings. The average Bonchev–Trinajstić information content (AvgIpc) is 3.20. The normalized spacial score (nSPS) is 13.6. The van der Waals surface area contributed by atoms with Gasteiger partial charge < -0.3 is 29.7 Å². The van der Waals surface area contributed by atoms with Gasteiger partial charge in [-0.05, 0) is 56.4 Å². The van der Waals surface area contributed by atoms with E-state index >= 15 is 0 Å². The number of aliphatic imine (C=N–C) groups is 1. The van der Waals surface area contributed by atoms with Crippen molar-refractivity contribution in [3.05, 3.63) is 53.6 Å². The minimum absolute atomic E-state index is 0. The Morgan fingerprint density at radius 3 is 2.50 bits per heavy atom.